The molecule has 0 saturated carbocycles. The molecule has 0 aliphatic heterocycles. The van der Waals surface area contributed by atoms with Crippen molar-refractivity contribution in [3.63, 3.8) is 0 Å². The van der Waals surface area contributed by atoms with E-state index in [0.717, 1.165) is 70.6 Å². The Morgan fingerprint density at radius 1 is 0.274 bits per heavy atom. The largest absolute Gasteiger partial charge is 0.462 e. The third-order valence-electron chi connectivity index (χ3n) is 14.3. The van der Waals surface area contributed by atoms with Crippen molar-refractivity contribution < 1.29 is 28.6 Å². The van der Waals surface area contributed by atoms with Crippen molar-refractivity contribution in [2.75, 3.05) is 13.2 Å². The number of ether oxygens (including phenoxy) is 3. The number of rotatable bonds is 59. The summed E-state index contributed by atoms with van der Waals surface area (Å²) in [6.45, 7) is 6.64. The first-order chi connectivity index (χ1) is 36.0. The zero-order chi connectivity index (χ0) is 52.9. The number of allylic oxidation sites excluding steroid dienone is 8. The van der Waals surface area contributed by atoms with E-state index in [1.807, 2.05) is 0 Å². The maximum absolute atomic E-state index is 12.9. The van der Waals surface area contributed by atoms with Gasteiger partial charge in [-0.15, -0.1) is 0 Å². The third-order valence-corrected chi connectivity index (χ3v) is 14.3. The normalized spacial score (nSPS) is 12.3. The van der Waals surface area contributed by atoms with Crippen LogP contribution in [0.4, 0.5) is 0 Å². The van der Waals surface area contributed by atoms with Gasteiger partial charge < -0.3 is 14.2 Å². The molecule has 1 atom stereocenters. The molecule has 0 aromatic carbocycles. The minimum Gasteiger partial charge on any atom is -0.462 e. The van der Waals surface area contributed by atoms with Crippen molar-refractivity contribution in [2.24, 2.45) is 0 Å². The molecule has 6 heteroatoms. The first kappa shape index (κ1) is 70.4. The van der Waals surface area contributed by atoms with Crippen molar-refractivity contribution >= 4 is 17.9 Å². The summed E-state index contributed by atoms with van der Waals surface area (Å²) in [5.74, 6) is -0.869. The van der Waals surface area contributed by atoms with Crippen molar-refractivity contribution in [1.29, 1.82) is 0 Å². The third kappa shape index (κ3) is 60.1. The lowest BCUT2D eigenvalue weighted by Crippen LogP contribution is -2.30. The number of esters is 3. The van der Waals surface area contributed by atoms with E-state index >= 15 is 0 Å². The van der Waals surface area contributed by atoms with E-state index in [1.54, 1.807) is 0 Å². The zero-order valence-corrected chi connectivity index (χ0v) is 48.9. The van der Waals surface area contributed by atoms with E-state index < -0.39 is 6.10 Å². The molecule has 0 aliphatic carbocycles. The zero-order valence-electron chi connectivity index (χ0n) is 48.9. The monoisotopic (exact) mass is 1020 g/mol. The first-order valence-corrected chi connectivity index (χ1v) is 32.1. The molecule has 73 heavy (non-hydrogen) atoms. The van der Waals surface area contributed by atoms with Crippen LogP contribution in [0.3, 0.4) is 0 Å². The Bertz CT molecular complexity index is 1270. The Balaban J connectivity index is 4.34. The molecule has 0 amide bonds. The molecular formula is C67H122O6. The van der Waals surface area contributed by atoms with E-state index in [2.05, 4.69) is 69.4 Å². The maximum atomic E-state index is 12.9. The van der Waals surface area contributed by atoms with Crippen LogP contribution in [0.1, 0.15) is 342 Å². The molecule has 426 valence electrons. The van der Waals surface area contributed by atoms with E-state index in [1.165, 1.54) is 231 Å². The molecular weight excluding hydrogens is 901 g/mol. The molecule has 0 rings (SSSR count). The number of carbonyl (C=O) groups is 3. The van der Waals surface area contributed by atoms with E-state index in [4.69, 9.17) is 14.2 Å². The second-order valence-corrected chi connectivity index (χ2v) is 21.7. The van der Waals surface area contributed by atoms with E-state index in [0.29, 0.717) is 19.3 Å². The van der Waals surface area contributed by atoms with Gasteiger partial charge in [-0.05, 0) is 103 Å². The highest BCUT2D eigenvalue weighted by atomic mass is 16.6. The Hall–Kier alpha value is -2.63. The van der Waals surface area contributed by atoms with Gasteiger partial charge in [0.2, 0.25) is 0 Å². The van der Waals surface area contributed by atoms with Crippen LogP contribution in [0.5, 0.6) is 0 Å². The van der Waals surface area contributed by atoms with Gasteiger partial charge in [-0.3, -0.25) is 14.4 Å². The molecule has 0 unspecified atom stereocenters. The molecule has 0 fully saturated rings. The van der Waals surface area contributed by atoms with Crippen LogP contribution in [0.15, 0.2) is 48.6 Å². The molecule has 0 N–H and O–H groups in total. The fourth-order valence-electron chi connectivity index (χ4n) is 9.41. The second kappa shape index (κ2) is 61.9. The average molecular weight is 1020 g/mol. The minimum atomic E-state index is -0.779. The van der Waals surface area contributed by atoms with Crippen LogP contribution in [0, 0.1) is 0 Å². The van der Waals surface area contributed by atoms with Crippen LogP contribution in [-0.2, 0) is 28.6 Å². The maximum Gasteiger partial charge on any atom is 0.306 e. The highest BCUT2D eigenvalue weighted by Gasteiger charge is 2.19. The SMILES string of the molecule is CCCCC/C=C\C/C=C\CCCCCCCCCCCC(=O)O[C@@H](COC(=O)CCCCCCC/C=C\CCCCCCCC)COC(=O)CCCCCCCCCCCCC/C=C\CCCCCCCC. The molecule has 0 heterocycles. The predicted molar refractivity (Wildman–Crippen MR) is 316 cm³/mol. The number of hydrogen-bond acceptors (Lipinski definition) is 6. The Morgan fingerprint density at radius 3 is 0.795 bits per heavy atom. The molecule has 0 bridgehead atoms. The van der Waals surface area contributed by atoms with Crippen LogP contribution in [-0.4, -0.2) is 37.2 Å². The van der Waals surface area contributed by atoms with Gasteiger partial charge in [-0.2, -0.15) is 0 Å². The summed E-state index contributed by atoms with van der Waals surface area (Å²) in [7, 11) is 0. The van der Waals surface area contributed by atoms with Crippen LogP contribution in [0.25, 0.3) is 0 Å². The fraction of sp³-hybridized carbons (Fsp3) is 0.836. The topological polar surface area (TPSA) is 78.9 Å². The van der Waals surface area contributed by atoms with Crippen molar-refractivity contribution in [3.05, 3.63) is 48.6 Å². The fourth-order valence-corrected chi connectivity index (χ4v) is 9.41. The molecule has 0 saturated heterocycles. The summed E-state index contributed by atoms with van der Waals surface area (Å²) in [6.07, 6.45) is 76.8. The van der Waals surface area contributed by atoms with Gasteiger partial charge in [0.15, 0.2) is 6.10 Å². The Kier molecular flexibility index (Phi) is 59.7. The summed E-state index contributed by atoms with van der Waals surface area (Å²) in [5.41, 5.74) is 0. The summed E-state index contributed by atoms with van der Waals surface area (Å²) in [6, 6.07) is 0. The van der Waals surface area contributed by atoms with Gasteiger partial charge >= 0.3 is 17.9 Å². The lowest BCUT2D eigenvalue weighted by Gasteiger charge is -2.18. The Morgan fingerprint density at radius 2 is 0.493 bits per heavy atom. The lowest BCUT2D eigenvalue weighted by atomic mass is 10.0. The van der Waals surface area contributed by atoms with Crippen LogP contribution < -0.4 is 0 Å². The van der Waals surface area contributed by atoms with Gasteiger partial charge in [-0.1, -0.05) is 268 Å². The van der Waals surface area contributed by atoms with Gasteiger partial charge in [0.05, 0.1) is 0 Å². The summed E-state index contributed by atoms with van der Waals surface area (Å²) < 4.78 is 16.9. The summed E-state index contributed by atoms with van der Waals surface area (Å²) in [4.78, 5) is 38.3. The van der Waals surface area contributed by atoms with Crippen molar-refractivity contribution in [2.45, 2.75) is 348 Å². The Labute approximate surface area is 454 Å². The molecule has 0 aromatic rings. The molecule has 6 nitrogen and oxygen atoms in total. The van der Waals surface area contributed by atoms with Crippen molar-refractivity contribution in [1.82, 2.24) is 0 Å². The summed E-state index contributed by atoms with van der Waals surface area (Å²) >= 11 is 0. The first-order valence-electron chi connectivity index (χ1n) is 32.1. The molecule has 0 radical (unpaired) electrons. The standard InChI is InChI=1S/C67H122O6/c1-4-7-10-13-16-19-22-25-28-30-32-33-35-36-39-42-45-48-51-54-57-60-66(69)72-63-64(62-71-65(68)59-56-53-50-47-44-41-38-27-24-21-18-15-12-9-6-3)73-67(70)61-58-55-52-49-46-43-40-37-34-31-29-26-23-20-17-14-11-8-5-2/h17,20,25-29,38,64H,4-16,18-19,21-24,30-37,39-63H2,1-3H3/b20-17-,28-25-,29-26-,38-27-/t64-/m0/s1. The van der Waals surface area contributed by atoms with Gasteiger partial charge in [0.1, 0.15) is 13.2 Å². The highest BCUT2D eigenvalue weighted by Crippen LogP contribution is 2.17. The van der Waals surface area contributed by atoms with Gasteiger partial charge in [0, 0.05) is 19.3 Å². The van der Waals surface area contributed by atoms with E-state index in [9.17, 15) is 14.4 Å². The quantitative estimate of drug-likeness (QED) is 0.0261. The smallest absolute Gasteiger partial charge is 0.306 e. The summed E-state index contributed by atoms with van der Waals surface area (Å²) in [5, 5.41) is 0. The number of hydrogen-bond donors (Lipinski definition) is 0. The van der Waals surface area contributed by atoms with Crippen molar-refractivity contribution in [3.8, 4) is 0 Å². The van der Waals surface area contributed by atoms with Gasteiger partial charge in [0.25, 0.3) is 0 Å². The lowest BCUT2D eigenvalue weighted by molar-refractivity contribution is -0.167. The van der Waals surface area contributed by atoms with Gasteiger partial charge in [-0.25, -0.2) is 0 Å². The number of unbranched alkanes of at least 4 members (excludes halogenated alkanes) is 40. The second-order valence-electron chi connectivity index (χ2n) is 21.7. The van der Waals surface area contributed by atoms with E-state index in [-0.39, 0.29) is 31.1 Å². The minimum absolute atomic E-state index is 0.0754. The molecule has 0 aromatic heterocycles. The number of carbonyl (C=O) groups excluding carboxylic acids is 3. The highest BCUT2D eigenvalue weighted by molar-refractivity contribution is 5.71. The molecule has 0 spiro atoms. The predicted octanol–water partition coefficient (Wildman–Crippen LogP) is 21.8. The average Bonchev–Trinajstić information content (AvgIpc) is 3.39. The van der Waals surface area contributed by atoms with Crippen LogP contribution in [0.2, 0.25) is 0 Å². The van der Waals surface area contributed by atoms with Crippen LogP contribution >= 0.6 is 0 Å². The molecule has 0 aliphatic rings.